The fourth-order valence-electron chi connectivity index (χ4n) is 3.06. The standard InChI is InChI=1S/C20H14O4/c21-17-7-3-4-11-8-18(22)15(9-14(11)17)16-10-19(23)12-5-1-2-6-13(12)20(16)24/h1-10,21-24H. The molecular formula is C20H14O4. The van der Waals surface area contributed by atoms with E-state index in [-0.39, 0.29) is 23.0 Å². The van der Waals surface area contributed by atoms with Crippen molar-refractivity contribution < 1.29 is 20.4 Å². The van der Waals surface area contributed by atoms with Crippen LogP contribution in [0.4, 0.5) is 0 Å². The Morgan fingerprint density at radius 1 is 0.500 bits per heavy atom. The van der Waals surface area contributed by atoms with Crippen LogP contribution in [0.3, 0.4) is 0 Å². The highest BCUT2D eigenvalue weighted by molar-refractivity contribution is 6.02. The molecule has 118 valence electrons. The summed E-state index contributed by atoms with van der Waals surface area (Å²) in [5.74, 6) is 0.0139. The molecule has 0 radical (unpaired) electrons. The summed E-state index contributed by atoms with van der Waals surface area (Å²) in [4.78, 5) is 0. The predicted octanol–water partition coefficient (Wildman–Crippen LogP) is 4.48. The van der Waals surface area contributed by atoms with E-state index >= 15 is 0 Å². The zero-order valence-corrected chi connectivity index (χ0v) is 12.6. The number of phenolic OH excluding ortho intramolecular Hbond substituents is 4. The van der Waals surface area contributed by atoms with Gasteiger partial charge < -0.3 is 20.4 Å². The second-order valence-corrected chi connectivity index (χ2v) is 5.71. The smallest absolute Gasteiger partial charge is 0.131 e. The topological polar surface area (TPSA) is 80.9 Å². The van der Waals surface area contributed by atoms with Crippen LogP contribution < -0.4 is 0 Å². The quantitative estimate of drug-likeness (QED) is 0.390. The first-order chi connectivity index (χ1) is 11.6. The summed E-state index contributed by atoms with van der Waals surface area (Å²) in [6.07, 6.45) is 0. The molecule has 0 bridgehead atoms. The van der Waals surface area contributed by atoms with Gasteiger partial charge in [-0.2, -0.15) is 0 Å². The predicted molar refractivity (Wildman–Crippen MR) is 93.5 cm³/mol. The Kier molecular flexibility index (Phi) is 3.00. The van der Waals surface area contributed by atoms with Gasteiger partial charge in [-0.15, -0.1) is 0 Å². The molecule has 4 N–H and O–H groups in total. The van der Waals surface area contributed by atoms with Crippen molar-refractivity contribution in [3.05, 3.63) is 60.7 Å². The van der Waals surface area contributed by atoms with Crippen molar-refractivity contribution in [1.82, 2.24) is 0 Å². The average Bonchev–Trinajstić information content (AvgIpc) is 2.58. The number of hydrogen-bond donors (Lipinski definition) is 4. The van der Waals surface area contributed by atoms with Crippen molar-refractivity contribution in [3.63, 3.8) is 0 Å². The van der Waals surface area contributed by atoms with Crippen LogP contribution in [0, 0.1) is 0 Å². The van der Waals surface area contributed by atoms with Gasteiger partial charge in [0, 0.05) is 27.3 Å². The molecule has 0 fully saturated rings. The van der Waals surface area contributed by atoms with Crippen LogP contribution in [0.25, 0.3) is 32.7 Å². The lowest BCUT2D eigenvalue weighted by molar-refractivity contribution is 0.466. The van der Waals surface area contributed by atoms with Gasteiger partial charge in [0.15, 0.2) is 0 Å². The van der Waals surface area contributed by atoms with E-state index in [2.05, 4.69) is 0 Å². The number of aromatic hydroxyl groups is 4. The third-order valence-corrected chi connectivity index (χ3v) is 4.26. The van der Waals surface area contributed by atoms with E-state index in [9.17, 15) is 20.4 Å². The molecule has 0 unspecified atom stereocenters. The van der Waals surface area contributed by atoms with Gasteiger partial charge in [0.05, 0.1) is 0 Å². The van der Waals surface area contributed by atoms with Crippen LogP contribution in [-0.2, 0) is 0 Å². The molecule has 4 aromatic carbocycles. The second kappa shape index (κ2) is 5.06. The van der Waals surface area contributed by atoms with E-state index in [0.717, 1.165) is 0 Å². The molecule has 4 rings (SSSR count). The number of phenols is 4. The number of hydrogen-bond acceptors (Lipinski definition) is 4. The maximum absolute atomic E-state index is 10.6. The van der Waals surface area contributed by atoms with Gasteiger partial charge in [-0.05, 0) is 29.7 Å². The largest absolute Gasteiger partial charge is 0.507 e. The molecule has 0 atom stereocenters. The highest BCUT2D eigenvalue weighted by Gasteiger charge is 2.16. The first-order valence-corrected chi connectivity index (χ1v) is 7.45. The van der Waals surface area contributed by atoms with Crippen molar-refractivity contribution in [3.8, 4) is 34.1 Å². The minimum Gasteiger partial charge on any atom is -0.507 e. The van der Waals surface area contributed by atoms with Crippen LogP contribution in [0.15, 0.2) is 60.7 Å². The van der Waals surface area contributed by atoms with E-state index in [1.165, 1.54) is 12.1 Å². The maximum atomic E-state index is 10.6. The van der Waals surface area contributed by atoms with Gasteiger partial charge in [-0.25, -0.2) is 0 Å². The van der Waals surface area contributed by atoms with Crippen molar-refractivity contribution in [2.24, 2.45) is 0 Å². The summed E-state index contributed by atoms with van der Waals surface area (Å²) in [5.41, 5.74) is 0.636. The highest BCUT2D eigenvalue weighted by Crippen LogP contribution is 2.45. The molecule has 0 amide bonds. The molecule has 0 spiro atoms. The Hall–Kier alpha value is -3.40. The van der Waals surface area contributed by atoms with Crippen molar-refractivity contribution in [1.29, 1.82) is 0 Å². The van der Waals surface area contributed by atoms with Crippen LogP contribution in [0.1, 0.15) is 0 Å². The normalized spacial score (nSPS) is 11.2. The summed E-state index contributed by atoms with van der Waals surface area (Å²) >= 11 is 0. The zero-order chi connectivity index (χ0) is 16.8. The third-order valence-electron chi connectivity index (χ3n) is 4.26. The monoisotopic (exact) mass is 318 g/mol. The second-order valence-electron chi connectivity index (χ2n) is 5.71. The van der Waals surface area contributed by atoms with E-state index in [1.54, 1.807) is 48.5 Å². The molecule has 4 heteroatoms. The van der Waals surface area contributed by atoms with Crippen molar-refractivity contribution in [2.75, 3.05) is 0 Å². The number of fused-ring (bicyclic) bond motifs is 2. The number of benzene rings is 4. The Morgan fingerprint density at radius 2 is 1.25 bits per heavy atom. The molecule has 0 aliphatic heterocycles. The van der Waals surface area contributed by atoms with Crippen LogP contribution in [0.2, 0.25) is 0 Å². The maximum Gasteiger partial charge on any atom is 0.131 e. The lowest BCUT2D eigenvalue weighted by Gasteiger charge is -2.13. The molecule has 4 nitrogen and oxygen atoms in total. The van der Waals surface area contributed by atoms with Crippen molar-refractivity contribution >= 4 is 21.5 Å². The minimum atomic E-state index is -0.0434. The fourth-order valence-corrected chi connectivity index (χ4v) is 3.06. The van der Waals surface area contributed by atoms with Crippen LogP contribution in [0.5, 0.6) is 23.0 Å². The van der Waals surface area contributed by atoms with Gasteiger partial charge >= 0.3 is 0 Å². The average molecular weight is 318 g/mol. The van der Waals surface area contributed by atoms with E-state index in [1.807, 2.05) is 0 Å². The van der Waals surface area contributed by atoms with Gasteiger partial charge in [0.1, 0.15) is 23.0 Å². The molecule has 0 aliphatic carbocycles. The third kappa shape index (κ3) is 2.01. The Bertz CT molecular complexity index is 1100. The molecule has 0 saturated carbocycles. The molecule has 0 aliphatic rings. The van der Waals surface area contributed by atoms with E-state index in [0.29, 0.717) is 32.7 Å². The van der Waals surface area contributed by atoms with Gasteiger partial charge in [-0.1, -0.05) is 36.4 Å². The Morgan fingerprint density at radius 3 is 2.04 bits per heavy atom. The van der Waals surface area contributed by atoms with E-state index in [4.69, 9.17) is 0 Å². The number of rotatable bonds is 1. The summed E-state index contributed by atoms with van der Waals surface area (Å²) in [7, 11) is 0. The summed E-state index contributed by atoms with van der Waals surface area (Å²) in [5, 5.41) is 43.5. The van der Waals surface area contributed by atoms with Crippen LogP contribution >= 0.6 is 0 Å². The van der Waals surface area contributed by atoms with E-state index < -0.39 is 0 Å². The molecule has 24 heavy (non-hydrogen) atoms. The van der Waals surface area contributed by atoms with Gasteiger partial charge in [-0.3, -0.25) is 0 Å². The lowest BCUT2D eigenvalue weighted by atomic mass is 9.95. The van der Waals surface area contributed by atoms with Gasteiger partial charge in [0.25, 0.3) is 0 Å². The molecule has 0 saturated heterocycles. The summed E-state index contributed by atoms with van der Waals surface area (Å²) in [6.45, 7) is 0. The first kappa shape index (κ1) is 14.2. The highest BCUT2D eigenvalue weighted by atomic mass is 16.3. The Balaban J connectivity index is 2.08. The summed E-state index contributed by atoms with van der Waals surface area (Å²) in [6, 6.07) is 16.5. The molecular weight excluding hydrogens is 304 g/mol. The minimum absolute atomic E-state index is 0.00943. The zero-order valence-electron chi connectivity index (χ0n) is 12.6. The van der Waals surface area contributed by atoms with Crippen LogP contribution in [-0.4, -0.2) is 20.4 Å². The molecule has 4 aromatic rings. The molecule has 0 heterocycles. The lowest BCUT2D eigenvalue weighted by Crippen LogP contribution is -1.85. The first-order valence-electron chi connectivity index (χ1n) is 7.45. The van der Waals surface area contributed by atoms with Gasteiger partial charge in [0.2, 0.25) is 0 Å². The SMILES string of the molecule is Oc1cc2cccc(O)c2cc1-c1cc(O)c2ccccc2c1O. The van der Waals surface area contributed by atoms with Crippen molar-refractivity contribution in [2.45, 2.75) is 0 Å². The Labute approximate surface area is 137 Å². The summed E-state index contributed by atoms with van der Waals surface area (Å²) < 4.78 is 0. The fraction of sp³-hybridized carbons (Fsp3) is 0. The molecule has 0 aromatic heterocycles.